The molecule has 1 amide bonds. The highest BCUT2D eigenvalue weighted by Gasteiger charge is 2.23. The lowest BCUT2D eigenvalue weighted by Gasteiger charge is -2.30. The van der Waals surface area contributed by atoms with Crippen LogP contribution in [0.2, 0.25) is 0 Å². The molecule has 0 radical (unpaired) electrons. The van der Waals surface area contributed by atoms with Gasteiger partial charge < -0.3 is 15.4 Å². The van der Waals surface area contributed by atoms with Crippen molar-refractivity contribution < 1.29 is 9.53 Å². The van der Waals surface area contributed by atoms with Gasteiger partial charge >= 0.3 is 0 Å². The van der Waals surface area contributed by atoms with Crippen LogP contribution in [0.5, 0.6) is 11.5 Å². The quantitative estimate of drug-likeness (QED) is 0.846. The van der Waals surface area contributed by atoms with Crippen LogP contribution in [0.3, 0.4) is 0 Å². The number of amides is 1. The standard InChI is InChI=1S/C18H21N3O2.2ClH/c1-13-16(8-5-10-19-13)21-18(22)17-12-15(9-11-20-17)23-14-6-3-2-4-7-14;;/h2-4,6-7,9,11-13,16,19H,5,8,10H2,1H3,(H,21,22);2*1H. The van der Waals surface area contributed by atoms with E-state index in [1.807, 2.05) is 30.3 Å². The number of hydrogen-bond donors (Lipinski definition) is 2. The van der Waals surface area contributed by atoms with Crippen LogP contribution in [-0.2, 0) is 0 Å². The van der Waals surface area contributed by atoms with Gasteiger partial charge in [0.05, 0.1) is 0 Å². The number of hydrogen-bond acceptors (Lipinski definition) is 4. The van der Waals surface area contributed by atoms with Crippen LogP contribution in [0.4, 0.5) is 0 Å². The van der Waals surface area contributed by atoms with Gasteiger partial charge in [0, 0.05) is 24.3 Å². The summed E-state index contributed by atoms with van der Waals surface area (Å²) in [5.41, 5.74) is 0.371. The number of piperidine rings is 1. The average molecular weight is 384 g/mol. The minimum Gasteiger partial charge on any atom is -0.457 e. The summed E-state index contributed by atoms with van der Waals surface area (Å²) in [7, 11) is 0. The first-order valence-corrected chi connectivity index (χ1v) is 7.95. The zero-order valence-electron chi connectivity index (χ0n) is 14.0. The number of ether oxygens (including phenoxy) is 1. The molecule has 2 aromatic rings. The molecule has 136 valence electrons. The number of aromatic nitrogens is 1. The Morgan fingerprint density at radius 2 is 1.96 bits per heavy atom. The van der Waals surface area contributed by atoms with E-state index >= 15 is 0 Å². The summed E-state index contributed by atoms with van der Waals surface area (Å²) in [6.07, 6.45) is 3.65. The molecule has 1 aromatic heterocycles. The summed E-state index contributed by atoms with van der Waals surface area (Å²) >= 11 is 0. The van der Waals surface area contributed by atoms with E-state index in [4.69, 9.17) is 4.74 Å². The lowest BCUT2D eigenvalue weighted by Crippen LogP contribution is -2.52. The first-order chi connectivity index (χ1) is 11.2. The maximum atomic E-state index is 12.4. The third-order valence-corrected chi connectivity index (χ3v) is 4.02. The highest BCUT2D eigenvalue weighted by Crippen LogP contribution is 2.21. The van der Waals surface area contributed by atoms with Gasteiger partial charge in [-0.3, -0.25) is 9.78 Å². The lowest BCUT2D eigenvalue weighted by molar-refractivity contribution is 0.0914. The van der Waals surface area contributed by atoms with Crippen LogP contribution in [0, 0.1) is 0 Å². The number of nitrogens with one attached hydrogen (secondary N) is 2. The maximum Gasteiger partial charge on any atom is 0.270 e. The molecule has 3 rings (SSSR count). The summed E-state index contributed by atoms with van der Waals surface area (Å²) in [4.78, 5) is 16.6. The van der Waals surface area contributed by atoms with Crippen molar-refractivity contribution >= 4 is 30.7 Å². The maximum absolute atomic E-state index is 12.4. The van der Waals surface area contributed by atoms with Gasteiger partial charge in [-0.1, -0.05) is 18.2 Å². The summed E-state index contributed by atoms with van der Waals surface area (Å²) < 4.78 is 5.75. The molecule has 1 saturated heterocycles. The van der Waals surface area contributed by atoms with Gasteiger partial charge in [-0.05, 0) is 44.5 Å². The fraction of sp³-hybridized carbons (Fsp3) is 0.333. The zero-order chi connectivity index (χ0) is 16.1. The molecule has 1 aliphatic heterocycles. The minimum absolute atomic E-state index is 0. The SMILES string of the molecule is CC1NCCCC1NC(=O)c1cc(Oc2ccccc2)ccn1.Cl.Cl. The third-order valence-electron chi connectivity index (χ3n) is 4.02. The second-order valence-corrected chi connectivity index (χ2v) is 5.76. The van der Waals surface area contributed by atoms with E-state index in [0.717, 1.165) is 25.1 Å². The Kier molecular flexibility index (Phi) is 8.69. The Morgan fingerprint density at radius 3 is 2.68 bits per heavy atom. The Bertz CT molecular complexity index is 670. The summed E-state index contributed by atoms with van der Waals surface area (Å²) in [5.74, 6) is 1.17. The number of nitrogens with zero attached hydrogens (tertiary/aromatic N) is 1. The van der Waals surface area contributed by atoms with E-state index in [1.54, 1.807) is 18.3 Å². The molecular formula is C18H23Cl2N3O2. The van der Waals surface area contributed by atoms with Crippen LogP contribution in [0.25, 0.3) is 0 Å². The van der Waals surface area contributed by atoms with Crippen molar-refractivity contribution in [3.8, 4) is 11.5 Å². The van der Waals surface area contributed by atoms with Gasteiger partial charge in [0.1, 0.15) is 17.2 Å². The molecule has 0 aliphatic carbocycles. The number of para-hydroxylation sites is 1. The van der Waals surface area contributed by atoms with E-state index < -0.39 is 0 Å². The van der Waals surface area contributed by atoms with E-state index in [-0.39, 0.29) is 42.8 Å². The highest BCUT2D eigenvalue weighted by atomic mass is 35.5. The number of carbonyl (C=O) groups is 1. The smallest absolute Gasteiger partial charge is 0.270 e. The molecule has 25 heavy (non-hydrogen) atoms. The predicted molar refractivity (Wildman–Crippen MR) is 103 cm³/mol. The first-order valence-electron chi connectivity index (χ1n) is 7.95. The number of benzene rings is 1. The van der Waals surface area contributed by atoms with Crippen molar-refractivity contribution in [2.24, 2.45) is 0 Å². The molecule has 2 N–H and O–H groups in total. The second kappa shape index (κ2) is 10.2. The Labute approximate surface area is 160 Å². The van der Waals surface area contributed by atoms with Crippen LogP contribution in [-0.4, -0.2) is 29.5 Å². The van der Waals surface area contributed by atoms with Gasteiger partial charge in [0.15, 0.2) is 0 Å². The van der Waals surface area contributed by atoms with Gasteiger partial charge in [-0.2, -0.15) is 0 Å². The van der Waals surface area contributed by atoms with E-state index in [9.17, 15) is 4.79 Å². The van der Waals surface area contributed by atoms with E-state index in [2.05, 4.69) is 22.5 Å². The van der Waals surface area contributed by atoms with Crippen LogP contribution in [0.1, 0.15) is 30.3 Å². The third kappa shape index (κ3) is 5.88. The highest BCUT2D eigenvalue weighted by molar-refractivity contribution is 5.92. The number of pyridine rings is 1. The van der Waals surface area contributed by atoms with Crippen LogP contribution in [0.15, 0.2) is 48.7 Å². The average Bonchev–Trinajstić information content (AvgIpc) is 2.58. The predicted octanol–water partition coefficient (Wildman–Crippen LogP) is 3.59. The van der Waals surface area contributed by atoms with Gasteiger partial charge in [0.25, 0.3) is 5.91 Å². The largest absolute Gasteiger partial charge is 0.457 e. The summed E-state index contributed by atoms with van der Waals surface area (Å²) in [5, 5.41) is 6.43. The lowest BCUT2D eigenvalue weighted by atomic mass is 10.00. The molecule has 1 fully saturated rings. The molecule has 1 aromatic carbocycles. The fourth-order valence-corrected chi connectivity index (χ4v) is 2.71. The van der Waals surface area contributed by atoms with Gasteiger partial charge in [-0.15, -0.1) is 24.8 Å². The van der Waals surface area contributed by atoms with Gasteiger partial charge in [0.2, 0.25) is 0 Å². The number of carbonyl (C=O) groups excluding carboxylic acids is 1. The zero-order valence-corrected chi connectivity index (χ0v) is 15.6. The van der Waals surface area contributed by atoms with Crippen molar-refractivity contribution in [3.63, 3.8) is 0 Å². The van der Waals surface area contributed by atoms with E-state index in [0.29, 0.717) is 11.4 Å². The molecule has 0 saturated carbocycles. The molecule has 2 unspecified atom stereocenters. The summed E-state index contributed by atoms with van der Waals surface area (Å²) in [6, 6.07) is 13.3. The molecule has 1 aliphatic rings. The second-order valence-electron chi connectivity index (χ2n) is 5.76. The Hall–Kier alpha value is -1.82. The topological polar surface area (TPSA) is 63.2 Å². The Morgan fingerprint density at radius 1 is 1.20 bits per heavy atom. The molecule has 0 spiro atoms. The fourth-order valence-electron chi connectivity index (χ4n) is 2.71. The number of halogens is 2. The molecule has 2 atom stereocenters. The molecule has 7 heteroatoms. The number of rotatable bonds is 4. The molecule has 0 bridgehead atoms. The molecule has 5 nitrogen and oxygen atoms in total. The van der Waals surface area contributed by atoms with Crippen molar-refractivity contribution in [3.05, 3.63) is 54.4 Å². The minimum atomic E-state index is -0.163. The van der Waals surface area contributed by atoms with Crippen LogP contribution < -0.4 is 15.4 Å². The normalized spacial score (nSPS) is 19.1. The van der Waals surface area contributed by atoms with Crippen molar-refractivity contribution in [2.45, 2.75) is 31.8 Å². The molecule has 2 heterocycles. The first kappa shape index (κ1) is 21.2. The van der Waals surface area contributed by atoms with Crippen molar-refractivity contribution in [1.82, 2.24) is 15.6 Å². The monoisotopic (exact) mass is 383 g/mol. The van der Waals surface area contributed by atoms with Crippen LogP contribution >= 0.6 is 24.8 Å². The van der Waals surface area contributed by atoms with E-state index in [1.165, 1.54) is 0 Å². The summed E-state index contributed by atoms with van der Waals surface area (Å²) in [6.45, 7) is 3.10. The van der Waals surface area contributed by atoms with Gasteiger partial charge in [-0.25, -0.2) is 0 Å². The Balaban J connectivity index is 0.00000156. The van der Waals surface area contributed by atoms with Crippen molar-refractivity contribution in [2.75, 3.05) is 6.54 Å². The van der Waals surface area contributed by atoms with Crippen molar-refractivity contribution in [1.29, 1.82) is 0 Å². The molecular weight excluding hydrogens is 361 g/mol.